The largest absolute Gasteiger partial charge is 0.480 e. The van der Waals surface area contributed by atoms with Crippen molar-refractivity contribution < 1.29 is 14.7 Å². The van der Waals surface area contributed by atoms with Gasteiger partial charge in [0.1, 0.15) is 6.04 Å². The van der Waals surface area contributed by atoms with Crippen molar-refractivity contribution in [3.63, 3.8) is 0 Å². The minimum absolute atomic E-state index is 0.147. The summed E-state index contributed by atoms with van der Waals surface area (Å²) in [6.45, 7) is 3.49. The summed E-state index contributed by atoms with van der Waals surface area (Å²) in [5.74, 6) is -1.43. The van der Waals surface area contributed by atoms with Crippen LogP contribution >= 0.6 is 11.3 Å². The highest BCUT2D eigenvalue weighted by Crippen LogP contribution is 2.26. The Morgan fingerprint density at radius 3 is 2.87 bits per heavy atom. The molecule has 2 aromatic heterocycles. The van der Waals surface area contributed by atoms with Crippen molar-refractivity contribution in [3.8, 4) is 0 Å². The lowest BCUT2D eigenvalue weighted by molar-refractivity contribution is -0.140. The molecule has 2 N–H and O–H groups in total. The molecule has 1 amide bonds. The highest BCUT2D eigenvalue weighted by atomic mass is 32.1. The van der Waals surface area contributed by atoms with Gasteiger partial charge in [0.05, 0.1) is 10.2 Å². The van der Waals surface area contributed by atoms with Crippen molar-refractivity contribution in [1.29, 1.82) is 0 Å². The van der Waals surface area contributed by atoms with Crippen molar-refractivity contribution in [2.24, 2.45) is 0 Å². The van der Waals surface area contributed by atoms with Gasteiger partial charge in [-0.1, -0.05) is 17.4 Å². The molecule has 0 saturated carbocycles. The van der Waals surface area contributed by atoms with Crippen LogP contribution in [0.25, 0.3) is 10.2 Å². The topological polar surface area (TPSA) is 97.1 Å². The fourth-order valence-corrected chi connectivity index (χ4v) is 2.99. The molecule has 0 spiro atoms. The monoisotopic (exact) mass is 330 g/mol. The molecule has 118 valence electrons. The van der Waals surface area contributed by atoms with E-state index >= 15 is 0 Å². The first-order chi connectivity index (χ1) is 10.9. The zero-order chi connectivity index (χ0) is 16.6. The van der Waals surface area contributed by atoms with Crippen LogP contribution in [0.2, 0.25) is 0 Å². The first kappa shape index (κ1) is 15.2. The van der Waals surface area contributed by atoms with Gasteiger partial charge in [-0.3, -0.25) is 14.8 Å². The molecule has 0 aliphatic heterocycles. The number of nitrogens with zero attached hydrogens (tertiary/aromatic N) is 3. The van der Waals surface area contributed by atoms with E-state index in [0.29, 0.717) is 5.13 Å². The fourth-order valence-electron chi connectivity index (χ4n) is 2.03. The normalized spacial score (nSPS) is 12.3. The van der Waals surface area contributed by atoms with Crippen molar-refractivity contribution in [3.05, 3.63) is 41.7 Å². The van der Waals surface area contributed by atoms with Crippen LogP contribution in [-0.2, 0) is 4.79 Å². The Morgan fingerprint density at radius 1 is 1.35 bits per heavy atom. The van der Waals surface area contributed by atoms with E-state index in [2.05, 4.69) is 15.4 Å². The van der Waals surface area contributed by atoms with Crippen LogP contribution in [0.5, 0.6) is 0 Å². The number of fused-ring (bicyclic) bond motifs is 1. The molecule has 2 heterocycles. The third-order valence-electron chi connectivity index (χ3n) is 3.36. The summed E-state index contributed by atoms with van der Waals surface area (Å²) in [5, 5.41) is 16.1. The van der Waals surface area contributed by atoms with Gasteiger partial charge in [-0.05, 0) is 37.6 Å². The smallest absolute Gasteiger partial charge is 0.328 e. The number of hydrogen-bond donors (Lipinski definition) is 2. The molecule has 0 fully saturated rings. The molecule has 7 nitrogen and oxygen atoms in total. The van der Waals surface area contributed by atoms with Crippen molar-refractivity contribution >= 4 is 38.6 Å². The lowest BCUT2D eigenvalue weighted by atomic mass is 10.2. The average molecular weight is 330 g/mol. The number of carboxylic acid groups (broad SMARTS) is 1. The summed E-state index contributed by atoms with van der Waals surface area (Å²) < 4.78 is 2.23. The number of aliphatic carboxylic acids is 1. The van der Waals surface area contributed by atoms with E-state index in [9.17, 15) is 9.59 Å². The molecule has 0 saturated heterocycles. The predicted octanol–water partition coefficient (Wildman–Crippen LogP) is 2.70. The molecular weight excluding hydrogens is 316 g/mol. The van der Waals surface area contributed by atoms with Gasteiger partial charge in [-0.15, -0.1) is 0 Å². The second-order valence-corrected chi connectivity index (χ2v) is 6.17. The van der Waals surface area contributed by atoms with E-state index in [1.807, 2.05) is 25.1 Å². The number of carboxylic acids is 1. The van der Waals surface area contributed by atoms with Crippen LogP contribution in [0.3, 0.4) is 0 Å². The van der Waals surface area contributed by atoms with E-state index < -0.39 is 17.9 Å². The van der Waals surface area contributed by atoms with Gasteiger partial charge in [0.25, 0.3) is 5.91 Å². The molecule has 8 heteroatoms. The summed E-state index contributed by atoms with van der Waals surface area (Å²) in [6.07, 6.45) is 1.47. The second kappa shape index (κ2) is 5.81. The Kier molecular flexibility index (Phi) is 3.83. The first-order valence-corrected chi connectivity index (χ1v) is 7.72. The molecule has 1 aromatic carbocycles. The Hall–Kier alpha value is -2.74. The number of benzene rings is 1. The van der Waals surface area contributed by atoms with E-state index in [1.54, 1.807) is 0 Å². The van der Waals surface area contributed by atoms with E-state index in [-0.39, 0.29) is 5.69 Å². The lowest BCUT2D eigenvalue weighted by Crippen LogP contribution is -2.18. The van der Waals surface area contributed by atoms with E-state index in [0.717, 1.165) is 15.8 Å². The van der Waals surface area contributed by atoms with Gasteiger partial charge in [0, 0.05) is 6.20 Å². The molecule has 0 radical (unpaired) electrons. The Bertz CT molecular complexity index is 899. The predicted molar refractivity (Wildman–Crippen MR) is 86.9 cm³/mol. The maximum Gasteiger partial charge on any atom is 0.328 e. The average Bonchev–Trinajstić information content (AvgIpc) is 3.12. The van der Waals surface area contributed by atoms with Gasteiger partial charge in [-0.2, -0.15) is 5.10 Å². The SMILES string of the molecule is Cc1ccc2nc(NC(=O)c3ccn(C(C)C(=O)O)n3)sc2c1. The number of carbonyl (C=O) groups excluding carboxylic acids is 1. The summed E-state index contributed by atoms with van der Waals surface area (Å²) in [7, 11) is 0. The Balaban J connectivity index is 1.79. The summed E-state index contributed by atoms with van der Waals surface area (Å²) in [5.41, 5.74) is 2.09. The first-order valence-electron chi connectivity index (χ1n) is 6.90. The van der Waals surface area contributed by atoms with Crippen LogP contribution in [0.4, 0.5) is 5.13 Å². The zero-order valence-electron chi connectivity index (χ0n) is 12.5. The van der Waals surface area contributed by atoms with Gasteiger partial charge >= 0.3 is 5.97 Å². The summed E-state index contributed by atoms with van der Waals surface area (Å²) in [4.78, 5) is 27.5. The molecule has 1 atom stereocenters. The third kappa shape index (κ3) is 3.07. The molecular formula is C15H14N4O3S. The minimum Gasteiger partial charge on any atom is -0.480 e. The summed E-state index contributed by atoms with van der Waals surface area (Å²) in [6, 6.07) is 6.52. The number of aryl methyl sites for hydroxylation is 1. The van der Waals surface area contributed by atoms with E-state index in [1.165, 1.54) is 35.2 Å². The van der Waals surface area contributed by atoms with Gasteiger partial charge in [0.15, 0.2) is 10.8 Å². The van der Waals surface area contributed by atoms with Crippen LogP contribution in [-0.4, -0.2) is 31.7 Å². The maximum absolute atomic E-state index is 12.2. The standard InChI is InChI=1S/C15H14N4O3S/c1-8-3-4-10-12(7-8)23-15(16-10)17-13(20)11-5-6-19(18-11)9(2)14(21)22/h3-7,9H,1-2H3,(H,21,22)(H,16,17,20). The molecule has 0 aliphatic rings. The van der Waals surface area contributed by atoms with E-state index in [4.69, 9.17) is 5.11 Å². The van der Waals surface area contributed by atoms with Gasteiger partial charge < -0.3 is 5.11 Å². The highest BCUT2D eigenvalue weighted by molar-refractivity contribution is 7.22. The summed E-state index contributed by atoms with van der Waals surface area (Å²) >= 11 is 1.38. The second-order valence-electron chi connectivity index (χ2n) is 5.14. The molecule has 3 aromatic rings. The van der Waals surface area contributed by atoms with Crippen LogP contribution in [0.1, 0.15) is 29.0 Å². The number of hydrogen-bond acceptors (Lipinski definition) is 5. The fraction of sp³-hybridized carbons (Fsp3) is 0.200. The molecule has 0 aliphatic carbocycles. The lowest BCUT2D eigenvalue weighted by Gasteiger charge is -2.05. The number of amides is 1. The van der Waals surface area contributed by atoms with Crippen LogP contribution in [0, 0.1) is 6.92 Å². The number of anilines is 1. The Morgan fingerprint density at radius 2 is 2.13 bits per heavy atom. The van der Waals surface area contributed by atoms with Crippen LogP contribution < -0.4 is 5.32 Å². The molecule has 0 bridgehead atoms. The van der Waals surface area contributed by atoms with Gasteiger partial charge in [0.2, 0.25) is 0 Å². The van der Waals surface area contributed by atoms with Crippen LogP contribution in [0.15, 0.2) is 30.5 Å². The molecule has 23 heavy (non-hydrogen) atoms. The Labute approximate surface area is 135 Å². The maximum atomic E-state index is 12.2. The van der Waals surface area contributed by atoms with Crippen molar-refractivity contribution in [2.45, 2.75) is 19.9 Å². The number of thiazole rings is 1. The number of nitrogens with one attached hydrogen (secondary N) is 1. The zero-order valence-corrected chi connectivity index (χ0v) is 13.3. The number of carbonyl (C=O) groups is 2. The number of aromatic nitrogens is 3. The molecule has 1 unspecified atom stereocenters. The third-order valence-corrected chi connectivity index (χ3v) is 4.29. The quantitative estimate of drug-likeness (QED) is 0.766. The number of rotatable bonds is 4. The van der Waals surface area contributed by atoms with Gasteiger partial charge in [-0.25, -0.2) is 9.78 Å². The minimum atomic E-state index is -1.01. The molecule has 3 rings (SSSR count). The highest BCUT2D eigenvalue weighted by Gasteiger charge is 2.17. The van der Waals surface area contributed by atoms with Crippen molar-refractivity contribution in [2.75, 3.05) is 5.32 Å². The van der Waals surface area contributed by atoms with Crippen molar-refractivity contribution in [1.82, 2.24) is 14.8 Å².